The Balaban J connectivity index is 2.12. The SMILES string of the molecule is CC1=NC2CC(C(=O)O)CC2N1C. The van der Waals surface area contributed by atoms with Gasteiger partial charge in [-0.25, -0.2) is 0 Å². The summed E-state index contributed by atoms with van der Waals surface area (Å²) in [5.74, 6) is 0.184. The Morgan fingerprint density at radius 3 is 2.85 bits per heavy atom. The highest BCUT2D eigenvalue weighted by atomic mass is 16.4. The zero-order valence-corrected chi connectivity index (χ0v) is 7.90. The zero-order valence-electron chi connectivity index (χ0n) is 7.90. The molecule has 1 saturated carbocycles. The van der Waals surface area contributed by atoms with E-state index in [0.717, 1.165) is 12.3 Å². The van der Waals surface area contributed by atoms with Gasteiger partial charge in [0, 0.05) is 7.05 Å². The Labute approximate surface area is 77.3 Å². The average Bonchev–Trinajstić information content (AvgIpc) is 2.55. The van der Waals surface area contributed by atoms with Gasteiger partial charge < -0.3 is 10.0 Å². The van der Waals surface area contributed by atoms with Gasteiger partial charge in [0.05, 0.1) is 23.8 Å². The summed E-state index contributed by atoms with van der Waals surface area (Å²) in [5, 5.41) is 8.85. The van der Waals surface area contributed by atoms with Crippen LogP contribution in [0.3, 0.4) is 0 Å². The molecule has 0 bridgehead atoms. The van der Waals surface area contributed by atoms with Gasteiger partial charge in [-0.15, -0.1) is 0 Å². The Kier molecular flexibility index (Phi) is 1.78. The molecular formula is C9H14N2O2. The van der Waals surface area contributed by atoms with Gasteiger partial charge in [-0.2, -0.15) is 0 Å². The fourth-order valence-electron chi connectivity index (χ4n) is 2.32. The molecule has 1 fully saturated rings. The Bertz CT molecular complexity index is 275. The Hall–Kier alpha value is -1.06. The van der Waals surface area contributed by atoms with Crippen LogP contribution in [0.4, 0.5) is 0 Å². The van der Waals surface area contributed by atoms with Crippen LogP contribution < -0.4 is 0 Å². The number of hydrogen-bond acceptors (Lipinski definition) is 3. The van der Waals surface area contributed by atoms with E-state index in [1.165, 1.54) is 0 Å². The van der Waals surface area contributed by atoms with Gasteiger partial charge in [0.1, 0.15) is 0 Å². The molecule has 1 aliphatic carbocycles. The van der Waals surface area contributed by atoms with Gasteiger partial charge in [-0.3, -0.25) is 9.79 Å². The summed E-state index contributed by atoms with van der Waals surface area (Å²) < 4.78 is 0. The average molecular weight is 182 g/mol. The van der Waals surface area contributed by atoms with E-state index in [0.29, 0.717) is 12.5 Å². The summed E-state index contributed by atoms with van der Waals surface area (Å²) in [6.07, 6.45) is 1.46. The Morgan fingerprint density at radius 2 is 2.31 bits per heavy atom. The van der Waals surface area contributed by atoms with E-state index in [2.05, 4.69) is 9.89 Å². The number of carboxylic acid groups (broad SMARTS) is 1. The van der Waals surface area contributed by atoms with Gasteiger partial charge in [0.25, 0.3) is 0 Å². The van der Waals surface area contributed by atoms with Gasteiger partial charge in [0.2, 0.25) is 0 Å². The van der Waals surface area contributed by atoms with Crippen LogP contribution >= 0.6 is 0 Å². The van der Waals surface area contributed by atoms with E-state index in [9.17, 15) is 4.79 Å². The number of carbonyl (C=O) groups is 1. The van der Waals surface area contributed by atoms with Gasteiger partial charge >= 0.3 is 5.97 Å². The fraction of sp³-hybridized carbons (Fsp3) is 0.778. The molecule has 0 amide bonds. The van der Waals surface area contributed by atoms with Crippen molar-refractivity contribution in [3.63, 3.8) is 0 Å². The summed E-state index contributed by atoms with van der Waals surface area (Å²) in [6.45, 7) is 1.98. The number of amidine groups is 1. The molecule has 13 heavy (non-hydrogen) atoms. The highest BCUT2D eigenvalue weighted by Gasteiger charge is 2.43. The van der Waals surface area contributed by atoms with Crippen LogP contribution in [0.25, 0.3) is 0 Å². The maximum Gasteiger partial charge on any atom is 0.306 e. The van der Waals surface area contributed by atoms with Crippen molar-refractivity contribution >= 4 is 11.8 Å². The van der Waals surface area contributed by atoms with Crippen LogP contribution in [-0.2, 0) is 4.79 Å². The number of fused-ring (bicyclic) bond motifs is 1. The minimum atomic E-state index is -0.671. The summed E-state index contributed by atoms with van der Waals surface area (Å²) in [4.78, 5) is 17.3. The first-order valence-corrected chi connectivity index (χ1v) is 4.59. The standard InChI is InChI=1S/C9H14N2O2/c1-5-10-7-3-6(9(12)13)4-8(7)11(5)2/h6-8H,3-4H2,1-2H3,(H,12,13). The molecule has 2 rings (SSSR count). The molecule has 1 heterocycles. The van der Waals surface area contributed by atoms with Crippen LogP contribution in [0.5, 0.6) is 0 Å². The van der Waals surface area contributed by atoms with Crippen LogP contribution in [0.1, 0.15) is 19.8 Å². The van der Waals surface area contributed by atoms with Crippen molar-refractivity contribution in [1.29, 1.82) is 0 Å². The van der Waals surface area contributed by atoms with E-state index >= 15 is 0 Å². The number of hydrogen-bond donors (Lipinski definition) is 1. The minimum Gasteiger partial charge on any atom is -0.481 e. The molecule has 3 atom stereocenters. The van der Waals surface area contributed by atoms with E-state index in [-0.39, 0.29) is 12.0 Å². The molecule has 0 spiro atoms. The molecule has 0 aromatic heterocycles. The second-order valence-corrected chi connectivity index (χ2v) is 3.93. The molecule has 4 heteroatoms. The third kappa shape index (κ3) is 1.20. The van der Waals surface area contributed by atoms with Crippen molar-refractivity contribution in [2.24, 2.45) is 10.9 Å². The van der Waals surface area contributed by atoms with Crippen LogP contribution in [0, 0.1) is 5.92 Å². The molecule has 0 aromatic rings. The number of rotatable bonds is 1. The molecule has 0 aromatic carbocycles. The first-order chi connectivity index (χ1) is 6.09. The molecule has 3 unspecified atom stereocenters. The molecule has 2 aliphatic rings. The van der Waals surface area contributed by atoms with Crippen LogP contribution in [0.2, 0.25) is 0 Å². The molecule has 4 nitrogen and oxygen atoms in total. The third-order valence-electron chi connectivity index (χ3n) is 3.21. The number of aliphatic imine (C=N–C) groups is 1. The summed E-state index contributed by atoms with van der Waals surface area (Å²) in [6, 6.07) is 0.562. The van der Waals surface area contributed by atoms with Crippen molar-refractivity contribution in [1.82, 2.24) is 4.90 Å². The van der Waals surface area contributed by atoms with Crippen molar-refractivity contribution < 1.29 is 9.90 Å². The van der Waals surface area contributed by atoms with Crippen molar-refractivity contribution in [2.75, 3.05) is 7.05 Å². The highest BCUT2D eigenvalue weighted by Crippen LogP contribution is 2.35. The zero-order chi connectivity index (χ0) is 9.59. The lowest BCUT2D eigenvalue weighted by Gasteiger charge is -2.20. The summed E-state index contributed by atoms with van der Waals surface area (Å²) >= 11 is 0. The largest absolute Gasteiger partial charge is 0.481 e. The van der Waals surface area contributed by atoms with E-state index < -0.39 is 5.97 Å². The first kappa shape index (κ1) is 8.53. The quantitative estimate of drug-likeness (QED) is 0.645. The topological polar surface area (TPSA) is 52.9 Å². The van der Waals surface area contributed by atoms with Gasteiger partial charge in [-0.05, 0) is 19.8 Å². The van der Waals surface area contributed by atoms with Crippen molar-refractivity contribution in [3.05, 3.63) is 0 Å². The number of carboxylic acids is 1. The highest BCUT2D eigenvalue weighted by molar-refractivity contribution is 5.82. The fourth-order valence-corrected chi connectivity index (χ4v) is 2.32. The number of nitrogens with zero attached hydrogens (tertiary/aromatic N) is 2. The number of aliphatic carboxylic acids is 1. The monoisotopic (exact) mass is 182 g/mol. The van der Waals surface area contributed by atoms with Crippen molar-refractivity contribution in [2.45, 2.75) is 31.8 Å². The molecular weight excluding hydrogens is 168 g/mol. The third-order valence-corrected chi connectivity index (χ3v) is 3.21. The first-order valence-electron chi connectivity index (χ1n) is 4.59. The smallest absolute Gasteiger partial charge is 0.306 e. The second kappa shape index (κ2) is 2.72. The number of likely N-dealkylation sites (N-methyl/N-ethyl adjacent to an activating group) is 1. The predicted molar refractivity (Wildman–Crippen MR) is 48.8 cm³/mol. The normalized spacial score (nSPS) is 37.5. The van der Waals surface area contributed by atoms with Gasteiger partial charge in [0.15, 0.2) is 0 Å². The predicted octanol–water partition coefficient (Wildman–Crippen LogP) is 0.582. The molecule has 1 aliphatic heterocycles. The van der Waals surface area contributed by atoms with E-state index in [1.807, 2.05) is 14.0 Å². The maximum atomic E-state index is 10.8. The van der Waals surface area contributed by atoms with E-state index in [1.54, 1.807) is 0 Å². The molecule has 72 valence electrons. The second-order valence-electron chi connectivity index (χ2n) is 3.93. The molecule has 0 radical (unpaired) electrons. The van der Waals surface area contributed by atoms with Crippen LogP contribution in [0.15, 0.2) is 4.99 Å². The molecule has 1 N–H and O–H groups in total. The van der Waals surface area contributed by atoms with E-state index in [4.69, 9.17) is 5.11 Å². The minimum absolute atomic E-state index is 0.186. The Morgan fingerprint density at radius 1 is 1.62 bits per heavy atom. The van der Waals surface area contributed by atoms with Crippen LogP contribution in [-0.4, -0.2) is 40.9 Å². The lowest BCUT2D eigenvalue weighted by Crippen LogP contribution is -2.32. The molecule has 0 saturated heterocycles. The lowest BCUT2D eigenvalue weighted by molar-refractivity contribution is -0.141. The van der Waals surface area contributed by atoms with Gasteiger partial charge in [-0.1, -0.05) is 0 Å². The summed E-state index contributed by atoms with van der Waals surface area (Å²) in [5.41, 5.74) is 0. The maximum absolute atomic E-state index is 10.8. The van der Waals surface area contributed by atoms with Crippen molar-refractivity contribution in [3.8, 4) is 0 Å². The summed E-state index contributed by atoms with van der Waals surface area (Å²) in [7, 11) is 1.99. The lowest BCUT2D eigenvalue weighted by atomic mass is 10.1.